The molecular weight excluding hydrogens is 280 g/mol. The molecule has 0 bridgehead atoms. The summed E-state index contributed by atoms with van der Waals surface area (Å²) in [6.07, 6.45) is 3.11. The zero-order valence-electron chi connectivity index (χ0n) is 13.7. The molecule has 0 radical (unpaired) electrons. The molecule has 0 spiro atoms. The molecule has 1 saturated heterocycles. The third-order valence-electron chi connectivity index (χ3n) is 4.25. The van der Waals surface area contributed by atoms with Gasteiger partial charge in [0.2, 0.25) is 5.91 Å². The highest BCUT2D eigenvalue weighted by Crippen LogP contribution is 2.30. The second kappa shape index (κ2) is 8.03. The van der Waals surface area contributed by atoms with Crippen molar-refractivity contribution >= 4 is 5.91 Å². The van der Waals surface area contributed by atoms with Gasteiger partial charge in [-0.25, -0.2) is 0 Å². The molecular formula is C17H26N2O3. The highest BCUT2D eigenvalue weighted by molar-refractivity contribution is 5.81. The van der Waals surface area contributed by atoms with E-state index in [1.807, 2.05) is 25.1 Å². The molecule has 1 fully saturated rings. The monoisotopic (exact) mass is 306 g/mol. The predicted octanol–water partition coefficient (Wildman–Crippen LogP) is 1.85. The van der Waals surface area contributed by atoms with E-state index in [0.29, 0.717) is 6.54 Å². The van der Waals surface area contributed by atoms with Gasteiger partial charge in [-0.1, -0.05) is 12.1 Å². The van der Waals surface area contributed by atoms with Gasteiger partial charge < -0.3 is 14.8 Å². The largest absolute Gasteiger partial charge is 0.493 e. The highest BCUT2D eigenvalue weighted by atomic mass is 16.5. The Bertz CT molecular complexity index is 499. The first-order valence-electron chi connectivity index (χ1n) is 7.89. The number of rotatable bonds is 7. The van der Waals surface area contributed by atoms with Crippen LogP contribution in [0.4, 0.5) is 0 Å². The minimum atomic E-state index is -0.0466. The summed E-state index contributed by atoms with van der Waals surface area (Å²) in [6.45, 7) is 4.63. The highest BCUT2D eigenvalue weighted by Gasteiger charge is 2.23. The second-order valence-electron chi connectivity index (χ2n) is 5.61. The van der Waals surface area contributed by atoms with Crippen LogP contribution in [0.2, 0.25) is 0 Å². The first-order valence-corrected chi connectivity index (χ1v) is 7.89. The summed E-state index contributed by atoms with van der Waals surface area (Å²) < 4.78 is 10.7. The number of para-hydroxylation sites is 1. The van der Waals surface area contributed by atoms with Crippen molar-refractivity contribution in [1.29, 1.82) is 0 Å². The molecule has 1 aliphatic heterocycles. The Morgan fingerprint density at radius 1 is 1.27 bits per heavy atom. The van der Waals surface area contributed by atoms with E-state index < -0.39 is 0 Å². The van der Waals surface area contributed by atoms with E-state index in [1.165, 1.54) is 12.8 Å². The Kier molecular flexibility index (Phi) is 6.07. The summed E-state index contributed by atoms with van der Waals surface area (Å²) in [5.41, 5.74) is 1.04. The maximum absolute atomic E-state index is 12.2. The fourth-order valence-corrected chi connectivity index (χ4v) is 2.91. The van der Waals surface area contributed by atoms with Crippen molar-refractivity contribution in [3.63, 3.8) is 0 Å². The fraction of sp³-hybridized carbons (Fsp3) is 0.588. The SMILES string of the molecule is COc1cccc(CCNC(=O)[C@@H](C)N2CCCC2)c1OC. The van der Waals surface area contributed by atoms with Crippen LogP contribution in [0.5, 0.6) is 11.5 Å². The smallest absolute Gasteiger partial charge is 0.237 e. The van der Waals surface area contributed by atoms with Gasteiger partial charge in [-0.2, -0.15) is 0 Å². The lowest BCUT2D eigenvalue weighted by Crippen LogP contribution is -2.44. The molecule has 1 atom stereocenters. The van der Waals surface area contributed by atoms with Gasteiger partial charge in [0.05, 0.1) is 20.3 Å². The molecule has 0 aromatic heterocycles. The lowest BCUT2D eigenvalue weighted by Gasteiger charge is -2.22. The Morgan fingerprint density at radius 2 is 2.00 bits per heavy atom. The van der Waals surface area contributed by atoms with Gasteiger partial charge in [0, 0.05) is 6.54 Å². The number of ether oxygens (including phenoxy) is 2. The number of carbonyl (C=O) groups excluding carboxylic acids is 1. The van der Waals surface area contributed by atoms with Crippen LogP contribution in [0.3, 0.4) is 0 Å². The van der Waals surface area contributed by atoms with Crippen LogP contribution in [0.1, 0.15) is 25.3 Å². The van der Waals surface area contributed by atoms with Gasteiger partial charge in [-0.3, -0.25) is 9.69 Å². The van der Waals surface area contributed by atoms with Crippen molar-refractivity contribution in [3.05, 3.63) is 23.8 Å². The van der Waals surface area contributed by atoms with E-state index in [4.69, 9.17) is 9.47 Å². The van der Waals surface area contributed by atoms with Crippen molar-refractivity contribution in [2.24, 2.45) is 0 Å². The summed E-state index contributed by atoms with van der Waals surface area (Å²) in [5, 5.41) is 3.02. The lowest BCUT2D eigenvalue weighted by atomic mass is 10.1. The van der Waals surface area contributed by atoms with Crippen molar-refractivity contribution in [2.45, 2.75) is 32.2 Å². The standard InChI is InChI=1S/C17H26N2O3/c1-13(19-11-4-5-12-19)17(20)18-10-9-14-7-6-8-15(21-2)16(14)22-3/h6-8,13H,4-5,9-12H2,1-3H3,(H,18,20)/t13-/m1/s1. The van der Waals surface area contributed by atoms with E-state index >= 15 is 0 Å². The molecule has 1 heterocycles. The van der Waals surface area contributed by atoms with E-state index in [2.05, 4.69) is 10.2 Å². The second-order valence-corrected chi connectivity index (χ2v) is 5.61. The molecule has 1 amide bonds. The Hall–Kier alpha value is -1.75. The maximum Gasteiger partial charge on any atom is 0.237 e. The van der Waals surface area contributed by atoms with Gasteiger partial charge in [-0.05, 0) is 50.9 Å². The molecule has 1 N–H and O–H groups in total. The van der Waals surface area contributed by atoms with Crippen molar-refractivity contribution in [3.8, 4) is 11.5 Å². The summed E-state index contributed by atoms with van der Waals surface area (Å²) in [5.74, 6) is 1.56. The van der Waals surface area contributed by atoms with Crippen molar-refractivity contribution in [1.82, 2.24) is 10.2 Å². The van der Waals surface area contributed by atoms with Crippen molar-refractivity contribution in [2.75, 3.05) is 33.9 Å². The van der Waals surface area contributed by atoms with Crippen LogP contribution in [-0.4, -0.2) is 50.7 Å². The van der Waals surface area contributed by atoms with E-state index in [9.17, 15) is 4.79 Å². The molecule has 1 aromatic carbocycles. The number of nitrogens with one attached hydrogen (secondary N) is 1. The molecule has 0 unspecified atom stereocenters. The fourth-order valence-electron chi connectivity index (χ4n) is 2.91. The number of amides is 1. The third kappa shape index (κ3) is 3.91. The van der Waals surface area contributed by atoms with Crippen LogP contribution in [0, 0.1) is 0 Å². The summed E-state index contributed by atoms with van der Waals surface area (Å²) in [7, 11) is 3.26. The Labute approximate surface area is 132 Å². The number of likely N-dealkylation sites (tertiary alicyclic amines) is 1. The topological polar surface area (TPSA) is 50.8 Å². The number of hydrogen-bond acceptors (Lipinski definition) is 4. The summed E-state index contributed by atoms with van der Waals surface area (Å²) in [4.78, 5) is 14.4. The van der Waals surface area contributed by atoms with Crippen LogP contribution in [-0.2, 0) is 11.2 Å². The molecule has 1 aromatic rings. The first-order chi connectivity index (χ1) is 10.7. The minimum absolute atomic E-state index is 0.0466. The molecule has 2 rings (SSSR count). The molecule has 22 heavy (non-hydrogen) atoms. The predicted molar refractivity (Wildman–Crippen MR) is 86.5 cm³/mol. The number of carbonyl (C=O) groups is 1. The van der Waals surface area contributed by atoms with E-state index in [-0.39, 0.29) is 11.9 Å². The van der Waals surface area contributed by atoms with Gasteiger partial charge in [0.15, 0.2) is 11.5 Å². The van der Waals surface area contributed by atoms with Gasteiger partial charge >= 0.3 is 0 Å². The number of hydrogen-bond donors (Lipinski definition) is 1. The molecule has 1 aliphatic rings. The van der Waals surface area contributed by atoms with Gasteiger partial charge in [0.1, 0.15) is 0 Å². The first kappa shape index (κ1) is 16.6. The van der Waals surface area contributed by atoms with Gasteiger partial charge in [0.25, 0.3) is 0 Å². The third-order valence-corrected chi connectivity index (χ3v) is 4.25. The molecule has 5 heteroatoms. The average Bonchev–Trinajstić information content (AvgIpc) is 3.08. The Balaban J connectivity index is 1.87. The number of methoxy groups -OCH3 is 2. The van der Waals surface area contributed by atoms with Crippen LogP contribution in [0.25, 0.3) is 0 Å². The summed E-state index contributed by atoms with van der Waals surface area (Å²) in [6, 6.07) is 5.76. The minimum Gasteiger partial charge on any atom is -0.493 e. The number of benzene rings is 1. The lowest BCUT2D eigenvalue weighted by molar-refractivity contribution is -0.125. The summed E-state index contributed by atoms with van der Waals surface area (Å²) >= 11 is 0. The normalized spacial score (nSPS) is 16.3. The average molecular weight is 306 g/mol. The maximum atomic E-state index is 12.2. The molecule has 5 nitrogen and oxygen atoms in total. The quantitative estimate of drug-likeness (QED) is 0.835. The zero-order valence-corrected chi connectivity index (χ0v) is 13.7. The van der Waals surface area contributed by atoms with Gasteiger partial charge in [-0.15, -0.1) is 0 Å². The molecule has 0 aliphatic carbocycles. The van der Waals surface area contributed by atoms with E-state index in [1.54, 1.807) is 14.2 Å². The Morgan fingerprint density at radius 3 is 2.64 bits per heavy atom. The van der Waals surface area contributed by atoms with Crippen LogP contribution in [0.15, 0.2) is 18.2 Å². The molecule has 0 saturated carbocycles. The molecule has 122 valence electrons. The number of nitrogens with zero attached hydrogens (tertiary/aromatic N) is 1. The van der Waals surface area contributed by atoms with Crippen molar-refractivity contribution < 1.29 is 14.3 Å². The van der Waals surface area contributed by atoms with E-state index in [0.717, 1.165) is 36.6 Å². The van der Waals surface area contributed by atoms with Crippen LogP contribution >= 0.6 is 0 Å². The zero-order chi connectivity index (χ0) is 15.9. The van der Waals surface area contributed by atoms with Crippen LogP contribution < -0.4 is 14.8 Å².